The smallest absolute Gasteiger partial charge is 0.171 e. The van der Waals surface area contributed by atoms with Crippen LogP contribution in [0, 0.1) is 6.92 Å². The van der Waals surface area contributed by atoms with E-state index in [9.17, 15) is 0 Å². The molecule has 0 saturated heterocycles. The average Bonchev–Trinajstić information content (AvgIpc) is 2.91. The Kier molecular flexibility index (Phi) is 4.32. The molecule has 3 nitrogen and oxygen atoms in total. The molecule has 112 valence electrons. The van der Waals surface area contributed by atoms with Crippen molar-refractivity contribution in [1.82, 2.24) is 5.32 Å². The standard InChI is InChI=1S/C17H15ClN2OS/c1-11-8-13(18)6-7-15(11)20-17(22)19-10-14-9-12-4-2-3-5-16(12)21-14/h2-9H,10H2,1H3,(H2,19,20,22). The second-order valence-corrected chi connectivity index (χ2v) is 5.86. The molecular formula is C17H15ClN2OS. The van der Waals surface area contributed by atoms with Crippen molar-refractivity contribution >= 4 is 45.6 Å². The van der Waals surface area contributed by atoms with Crippen LogP contribution in [-0.2, 0) is 6.54 Å². The number of hydrogen-bond donors (Lipinski definition) is 2. The summed E-state index contributed by atoms with van der Waals surface area (Å²) in [6.07, 6.45) is 0. The van der Waals surface area contributed by atoms with Crippen LogP contribution in [0.3, 0.4) is 0 Å². The molecule has 0 unspecified atom stereocenters. The maximum absolute atomic E-state index is 5.94. The van der Waals surface area contributed by atoms with Crippen molar-refractivity contribution in [3.05, 3.63) is 64.9 Å². The van der Waals surface area contributed by atoms with Crippen molar-refractivity contribution in [2.24, 2.45) is 0 Å². The highest BCUT2D eigenvalue weighted by molar-refractivity contribution is 7.80. The summed E-state index contributed by atoms with van der Waals surface area (Å²) < 4.78 is 5.74. The van der Waals surface area contributed by atoms with Crippen molar-refractivity contribution in [2.45, 2.75) is 13.5 Å². The highest BCUT2D eigenvalue weighted by atomic mass is 35.5. The molecule has 1 aromatic heterocycles. The maximum atomic E-state index is 5.94. The Bertz CT molecular complexity index is 795. The van der Waals surface area contributed by atoms with Crippen molar-refractivity contribution in [3.63, 3.8) is 0 Å². The predicted molar refractivity (Wildman–Crippen MR) is 95.5 cm³/mol. The van der Waals surface area contributed by atoms with E-state index >= 15 is 0 Å². The fourth-order valence-electron chi connectivity index (χ4n) is 2.23. The molecule has 0 amide bonds. The lowest BCUT2D eigenvalue weighted by atomic mass is 10.2. The van der Waals surface area contributed by atoms with Gasteiger partial charge in [0.1, 0.15) is 11.3 Å². The number of rotatable bonds is 3. The number of hydrogen-bond acceptors (Lipinski definition) is 2. The van der Waals surface area contributed by atoms with Gasteiger partial charge in [-0.3, -0.25) is 0 Å². The number of nitrogens with one attached hydrogen (secondary N) is 2. The lowest BCUT2D eigenvalue weighted by molar-refractivity contribution is 0.541. The summed E-state index contributed by atoms with van der Waals surface area (Å²) in [5, 5.41) is 8.65. The molecule has 0 atom stereocenters. The quantitative estimate of drug-likeness (QED) is 0.671. The van der Waals surface area contributed by atoms with Crippen LogP contribution in [0.4, 0.5) is 5.69 Å². The summed E-state index contributed by atoms with van der Waals surface area (Å²) in [7, 11) is 0. The van der Waals surface area contributed by atoms with E-state index in [2.05, 4.69) is 10.6 Å². The van der Waals surface area contributed by atoms with Crippen LogP contribution < -0.4 is 10.6 Å². The summed E-state index contributed by atoms with van der Waals surface area (Å²) in [4.78, 5) is 0. The molecule has 0 spiro atoms. The minimum absolute atomic E-state index is 0.535. The summed E-state index contributed by atoms with van der Waals surface area (Å²) in [6.45, 7) is 2.52. The molecule has 2 aromatic carbocycles. The Morgan fingerprint density at radius 1 is 1.18 bits per heavy atom. The Hall–Kier alpha value is -2.04. The molecule has 3 aromatic rings. The molecule has 0 radical (unpaired) electrons. The maximum Gasteiger partial charge on any atom is 0.171 e. The molecule has 22 heavy (non-hydrogen) atoms. The first-order chi connectivity index (χ1) is 10.6. The molecule has 2 N–H and O–H groups in total. The molecule has 0 aliphatic rings. The number of anilines is 1. The zero-order valence-corrected chi connectivity index (χ0v) is 13.6. The summed E-state index contributed by atoms with van der Waals surface area (Å²) in [5.74, 6) is 0.846. The van der Waals surface area contributed by atoms with Crippen LogP contribution in [0.25, 0.3) is 11.0 Å². The first kappa shape index (κ1) is 14.9. The van der Waals surface area contributed by atoms with Gasteiger partial charge in [-0.2, -0.15) is 0 Å². The first-order valence-electron chi connectivity index (χ1n) is 6.90. The molecule has 0 fully saturated rings. The van der Waals surface area contributed by atoms with Gasteiger partial charge in [0, 0.05) is 16.1 Å². The van der Waals surface area contributed by atoms with E-state index < -0.39 is 0 Å². The lowest BCUT2D eigenvalue weighted by Gasteiger charge is -2.11. The summed E-state index contributed by atoms with van der Waals surface area (Å²) in [5.41, 5.74) is 2.86. The highest BCUT2D eigenvalue weighted by Crippen LogP contribution is 2.20. The molecule has 0 aliphatic carbocycles. The van der Waals surface area contributed by atoms with Gasteiger partial charge in [0.25, 0.3) is 0 Å². The third-order valence-electron chi connectivity index (χ3n) is 3.34. The highest BCUT2D eigenvalue weighted by Gasteiger charge is 2.05. The lowest BCUT2D eigenvalue weighted by Crippen LogP contribution is -2.28. The largest absolute Gasteiger partial charge is 0.459 e. The van der Waals surface area contributed by atoms with Crippen molar-refractivity contribution in [3.8, 4) is 0 Å². The van der Waals surface area contributed by atoms with Gasteiger partial charge < -0.3 is 15.1 Å². The van der Waals surface area contributed by atoms with E-state index in [1.54, 1.807) is 0 Å². The first-order valence-corrected chi connectivity index (χ1v) is 7.69. The minimum atomic E-state index is 0.535. The van der Waals surface area contributed by atoms with E-state index in [-0.39, 0.29) is 0 Å². The van der Waals surface area contributed by atoms with E-state index in [1.807, 2.05) is 55.5 Å². The van der Waals surface area contributed by atoms with Crippen molar-refractivity contribution < 1.29 is 4.42 Å². The molecule has 3 rings (SSSR count). The van der Waals surface area contributed by atoms with Crippen LogP contribution in [-0.4, -0.2) is 5.11 Å². The summed E-state index contributed by atoms with van der Waals surface area (Å²) in [6, 6.07) is 15.6. The van der Waals surface area contributed by atoms with E-state index in [0.29, 0.717) is 16.7 Å². The fraction of sp³-hybridized carbons (Fsp3) is 0.118. The number of thiocarbonyl (C=S) groups is 1. The Balaban J connectivity index is 1.62. The monoisotopic (exact) mass is 330 g/mol. The average molecular weight is 331 g/mol. The van der Waals surface area contributed by atoms with Gasteiger partial charge in [-0.1, -0.05) is 29.8 Å². The third-order valence-corrected chi connectivity index (χ3v) is 3.82. The number of aryl methyl sites for hydroxylation is 1. The van der Waals surface area contributed by atoms with E-state index in [4.69, 9.17) is 28.2 Å². The van der Waals surface area contributed by atoms with E-state index in [0.717, 1.165) is 28.0 Å². The Labute approximate surface area is 139 Å². The molecular weight excluding hydrogens is 316 g/mol. The normalized spacial score (nSPS) is 10.6. The molecule has 0 saturated carbocycles. The van der Waals surface area contributed by atoms with Crippen LogP contribution in [0.15, 0.2) is 52.9 Å². The number of para-hydroxylation sites is 1. The Morgan fingerprint density at radius 2 is 2.00 bits per heavy atom. The Morgan fingerprint density at radius 3 is 2.77 bits per heavy atom. The number of furan rings is 1. The molecule has 0 bridgehead atoms. The van der Waals surface area contributed by atoms with E-state index in [1.165, 1.54) is 0 Å². The number of halogens is 1. The van der Waals surface area contributed by atoms with Crippen LogP contribution in [0.1, 0.15) is 11.3 Å². The van der Waals surface area contributed by atoms with Gasteiger partial charge in [0.05, 0.1) is 6.54 Å². The second-order valence-electron chi connectivity index (χ2n) is 5.02. The van der Waals surface area contributed by atoms with Crippen LogP contribution in [0.2, 0.25) is 5.02 Å². The second kappa shape index (κ2) is 6.38. The van der Waals surface area contributed by atoms with Gasteiger partial charge in [0.15, 0.2) is 5.11 Å². The van der Waals surface area contributed by atoms with Gasteiger partial charge in [-0.05, 0) is 55.0 Å². The van der Waals surface area contributed by atoms with Gasteiger partial charge in [-0.15, -0.1) is 0 Å². The zero-order chi connectivity index (χ0) is 15.5. The van der Waals surface area contributed by atoms with Gasteiger partial charge >= 0.3 is 0 Å². The minimum Gasteiger partial charge on any atom is -0.459 e. The number of fused-ring (bicyclic) bond motifs is 1. The summed E-state index contributed by atoms with van der Waals surface area (Å²) >= 11 is 11.3. The van der Waals surface area contributed by atoms with Crippen molar-refractivity contribution in [2.75, 3.05) is 5.32 Å². The topological polar surface area (TPSA) is 37.2 Å². The van der Waals surface area contributed by atoms with Crippen LogP contribution in [0.5, 0.6) is 0 Å². The molecule has 5 heteroatoms. The van der Waals surface area contributed by atoms with Gasteiger partial charge in [-0.25, -0.2) is 0 Å². The van der Waals surface area contributed by atoms with Gasteiger partial charge in [0.2, 0.25) is 0 Å². The third kappa shape index (κ3) is 3.40. The SMILES string of the molecule is Cc1cc(Cl)ccc1NC(=S)NCc1cc2ccccc2o1. The van der Waals surface area contributed by atoms with Crippen molar-refractivity contribution in [1.29, 1.82) is 0 Å². The fourth-order valence-corrected chi connectivity index (χ4v) is 2.63. The molecule has 1 heterocycles. The van der Waals surface area contributed by atoms with Crippen LogP contribution >= 0.6 is 23.8 Å². The zero-order valence-electron chi connectivity index (χ0n) is 12.0. The molecule has 0 aliphatic heterocycles. The predicted octanol–water partition coefficient (Wildman–Crippen LogP) is 4.88. The number of benzene rings is 2.